The Balaban J connectivity index is 1.26. The first-order valence-electron chi connectivity index (χ1n) is 12.4. The Morgan fingerprint density at radius 1 is 1.18 bits per heavy atom. The Kier molecular flexibility index (Phi) is 8.10. The van der Waals surface area contributed by atoms with Crippen LogP contribution in [-0.4, -0.2) is 43.5 Å². The van der Waals surface area contributed by atoms with Gasteiger partial charge in [-0.3, -0.25) is 0 Å². The second kappa shape index (κ2) is 10.8. The smallest absolute Gasteiger partial charge is 0.240 e. The first kappa shape index (κ1) is 24.6. The van der Waals surface area contributed by atoms with Crippen molar-refractivity contribution in [3.05, 3.63) is 40.4 Å². The van der Waals surface area contributed by atoms with Gasteiger partial charge in [-0.05, 0) is 101 Å². The Morgan fingerprint density at radius 3 is 2.70 bits per heavy atom. The summed E-state index contributed by atoms with van der Waals surface area (Å²) in [5, 5.41) is 0.706. The summed E-state index contributed by atoms with van der Waals surface area (Å²) >= 11 is 1.66. The largest absolute Gasteiger partial charge is 0.375 e. The number of nitrogens with one attached hydrogen (secondary N) is 1. The second-order valence-corrected chi connectivity index (χ2v) is 12.6. The van der Waals surface area contributed by atoms with Crippen molar-refractivity contribution in [1.82, 2.24) is 14.6 Å². The van der Waals surface area contributed by atoms with Gasteiger partial charge in [-0.2, -0.15) is 0 Å². The van der Waals surface area contributed by atoms with Gasteiger partial charge in [-0.15, -0.1) is 11.3 Å². The minimum atomic E-state index is -3.44. The monoisotopic (exact) mass is 490 g/mol. The van der Waals surface area contributed by atoms with E-state index in [-0.39, 0.29) is 6.04 Å². The minimum absolute atomic E-state index is 0.0482. The third kappa shape index (κ3) is 6.35. The van der Waals surface area contributed by atoms with Crippen LogP contribution in [0.2, 0.25) is 0 Å². The third-order valence-electron chi connectivity index (χ3n) is 7.25. The molecule has 1 saturated carbocycles. The fourth-order valence-corrected chi connectivity index (χ4v) is 7.80. The Morgan fingerprint density at radius 2 is 1.97 bits per heavy atom. The van der Waals surface area contributed by atoms with Crippen molar-refractivity contribution in [1.29, 1.82) is 0 Å². The van der Waals surface area contributed by atoms with Crippen LogP contribution in [0.1, 0.15) is 68.0 Å². The van der Waals surface area contributed by atoms with E-state index >= 15 is 0 Å². The molecule has 4 rings (SSSR count). The van der Waals surface area contributed by atoms with Crippen molar-refractivity contribution in [3.8, 4) is 0 Å². The van der Waals surface area contributed by atoms with Gasteiger partial charge < -0.3 is 10.6 Å². The molecule has 0 unspecified atom stereocenters. The number of rotatable bonds is 9. The molecule has 1 atom stereocenters. The number of nitrogen functional groups attached to an aromatic ring is 1. The summed E-state index contributed by atoms with van der Waals surface area (Å²) in [6, 6.07) is 7.79. The van der Waals surface area contributed by atoms with Gasteiger partial charge in [-0.1, -0.05) is 19.1 Å². The number of benzene rings is 1. The first-order chi connectivity index (χ1) is 15.8. The van der Waals surface area contributed by atoms with Gasteiger partial charge >= 0.3 is 0 Å². The molecule has 2 aromatic rings. The predicted octanol–water partition coefficient (Wildman–Crippen LogP) is 4.53. The summed E-state index contributed by atoms with van der Waals surface area (Å²) in [7, 11) is -3.44. The highest BCUT2D eigenvalue weighted by molar-refractivity contribution is 7.89. The zero-order valence-corrected chi connectivity index (χ0v) is 21.6. The number of sulfonamides is 1. The molecule has 8 heteroatoms. The fourth-order valence-electron chi connectivity index (χ4n) is 5.44. The predicted molar refractivity (Wildman–Crippen MR) is 136 cm³/mol. The molecule has 0 bridgehead atoms. The van der Waals surface area contributed by atoms with Crippen LogP contribution in [0.15, 0.2) is 29.2 Å². The summed E-state index contributed by atoms with van der Waals surface area (Å²) in [5.41, 5.74) is 8.12. The summed E-state index contributed by atoms with van der Waals surface area (Å²) in [5.74, 6) is 0.683. The lowest BCUT2D eigenvalue weighted by Crippen LogP contribution is -2.41. The Labute approximate surface area is 203 Å². The van der Waals surface area contributed by atoms with Crippen LogP contribution < -0.4 is 10.5 Å². The van der Waals surface area contributed by atoms with E-state index in [1.165, 1.54) is 29.8 Å². The number of aromatic nitrogens is 1. The van der Waals surface area contributed by atoms with Gasteiger partial charge in [-0.25, -0.2) is 18.1 Å². The van der Waals surface area contributed by atoms with Gasteiger partial charge in [0.25, 0.3) is 0 Å². The number of hydrogen-bond acceptors (Lipinski definition) is 6. The zero-order chi connectivity index (χ0) is 23.4. The number of fused-ring (bicyclic) bond motifs is 1. The van der Waals surface area contributed by atoms with E-state index in [1.807, 2.05) is 13.0 Å². The lowest BCUT2D eigenvalue weighted by Gasteiger charge is -2.36. The number of nitrogens with two attached hydrogens (primary N) is 1. The number of hydrogen-bond donors (Lipinski definition) is 2. The van der Waals surface area contributed by atoms with Crippen LogP contribution in [0.4, 0.5) is 5.13 Å². The molecule has 2 aliphatic carbocycles. The molecule has 0 saturated heterocycles. The molecular formula is C25H38N4O2S2. The van der Waals surface area contributed by atoms with Crippen LogP contribution in [0.25, 0.3) is 0 Å². The molecule has 0 aliphatic heterocycles. The zero-order valence-electron chi connectivity index (χ0n) is 19.9. The van der Waals surface area contributed by atoms with E-state index < -0.39 is 10.0 Å². The van der Waals surface area contributed by atoms with E-state index in [2.05, 4.69) is 21.5 Å². The maximum atomic E-state index is 12.8. The van der Waals surface area contributed by atoms with Crippen molar-refractivity contribution in [2.75, 3.05) is 18.8 Å². The van der Waals surface area contributed by atoms with Gasteiger partial charge in [0.2, 0.25) is 10.0 Å². The highest BCUT2D eigenvalue weighted by Crippen LogP contribution is 2.32. The molecule has 0 radical (unpaired) electrons. The second-order valence-electron chi connectivity index (χ2n) is 9.80. The van der Waals surface area contributed by atoms with Crippen LogP contribution in [0.5, 0.6) is 0 Å². The Bertz CT molecular complexity index is 1030. The lowest BCUT2D eigenvalue weighted by molar-refractivity contribution is 0.158. The maximum absolute atomic E-state index is 12.8. The van der Waals surface area contributed by atoms with Gasteiger partial charge in [0, 0.05) is 17.0 Å². The molecule has 1 fully saturated rings. The van der Waals surface area contributed by atoms with E-state index in [1.54, 1.807) is 29.5 Å². The van der Waals surface area contributed by atoms with E-state index in [0.717, 1.165) is 57.2 Å². The van der Waals surface area contributed by atoms with Gasteiger partial charge in [0.15, 0.2) is 5.13 Å². The molecule has 3 N–H and O–H groups in total. The van der Waals surface area contributed by atoms with Crippen LogP contribution in [0, 0.1) is 12.8 Å². The normalized spacial score (nSPS) is 23.5. The number of aryl methyl sites for hydroxylation is 2. The third-order valence-corrected chi connectivity index (χ3v) is 9.72. The molecule has 2 aliphatic rings. The van der Waals surface area contributed by atoms with Crippen LogP contribution in [-0.2, 0) is 22.9 Å². The molecule has 0 spiro atoms. The Hall–Kier alpha value is -1.48. The molecule has 6 nitrogen and oxygen atoms in total. The van der Waals surface area contributed by atoms with Crippen molar-refractivity contribution in [2.24, 2.45) is 5.92 Å². The maximum Gasteiger partial charge on any atom is 0.240 e. The standard InChI is InChI=1S/C25H38N4O2S2/c1-3-14-29(21-11-12-23-24(17-21)32-25(26)27-23)15-13-19-7-9-20(10-8-19)28-33(30,31)22-6-4-5-18(2)16-22/h4-6,16,19-21,28H,3,7-15,17H2,1-2H3,(H2,26,27)/t19?,20?,21-/m0/s1. The van der Waals surface area contributed by atoms with Crippen molar-refractivity contribution >= 4 is 26.5 Å². The van der Waals surface area contributed by atoms with E-state index in [9.17, 15) is 8.42 Å². The lowest BCUT2D eigenvalue weighted by atomic mass is 9.84. The summed E-state index contributed by atoms with van der Waals surface area (Å²) < 4.78 is 28.5. The molecule has 33 heavy (non-hydrogen) atoms. The number of anilines is 1. The van der Waals surface area contributed by atoms with Crippen molar-refractivity contribution < 1.29 is 8.42 Å². The quantitative estimate of drug-likeness (QED) is 0.539. The molecule has 182 valence electrons. The highest BCUT2D eigenvalue weighted by atomic mass is 32.2. The molecule has 1 aromatic carbocycles. The minimum Gasteiger partial charge on any atom is -0.375 e. The van der Waals surface area contributed by atoms with E-state index in [4.69, 9.17) is 5.73 Å². The van der Waals surface area contributed by atoms with Crippen LogP contribution in [0.3, 0.4) is 0 Å². The molecule has 1 heterocycles. The average molecular weight is 491 g/mol. The van der Waals surface area contributed by atoms with Crippen molar-refractivity contribution in [3.63, 3.8) is 0 Å². The molecule has 0 amide bonds. The molecule has 1 aromatic heterocycles. The van der Waals surface area contributed by atoms with Crippen molar-refractivity contribution in [2.45, 2.75) is 88.6 Å². The summed E-state index contributed by atoms with van der Waals surface area (Å²) in [6.45, 7) is 6.45. The summed E-state index contributed by atoms with van der Waals surface area (Å²) in [6.07, 6.45) is 9.71. The van der Waals surface area contributed by atoms with Crippen LogP contribution >= 0.6 is 11.3 Å². The topological polar surface area (TPSA) is 88.3 Å². The number of thiazole rings is 1. The average Bonchev–Trinajstić information content (AvgIpc) is 3.16. The number of nitrogens with zero attached hydrogens (tertiary/aromatic N) is 2. The first-order valence-corrected chi connectivity index (χ1v) is 14.7. The SMILES string of the molecule is CCCN(CCC1CCC(NS(=O)(=O)c2cccc(C)c2)CC1)[C@H]1CCc2nc(N)sc2C1. The van der Waals surface area contributed by atoms with Gasteiger partial charge in [0.1, 0.15) is 0 Å². The molecular weight excluding hydrogens is 452 g/mol. The van der Waals surface area contributed by atoms with E-state index in [0.29, 0.717) is 22.0 Å². The van der Waals surface area contributed by atoms with Gasteiger partial charge in [0.05, 0.1) is 10.6 Å². The summed E-state index contributed by atoms with van der Waals surface area (Å²) in [4.78, 5) is 8.94. The fraction of sp³-hybridized carbons (Fsp3) is 0.640. The highest BCUT2D eigenvalue weighted by Gasteiger charge is 2.29.